The lowest BCUT2D eigenvalue weighted by molar-refractivity contribution is 0.0983. The van der Waals surface area contributed by atoms with Crippen molar-refractivity contribution < 1.29 is 13.2 Å². The van der Waals surface area contributed by atoms with Gasteiger partial charge in [0.1, 0.15) is 0 Å². The van der Waals surface area contributed by atoms with Crippen LogP contribution in [0.3, 0.4) is 0 Å². The Labute approximate surface area is 198 Å². The average molecular weight is 494 g/mol. The monoisotopic (exact) mass is 493 g/mol. The predicted octanol–water partition coefficient (Wildman–Crippen LogP) is 5.04. The van der Waals surface area contributed by atoms with E-state index in [4.69, 9.17) is 16.6 Å². The second kappa shape index (κ2) is 10.3. The Bertz CT molecular complexity index is 1200. The molecule has 0 aliphatic heterocycles. The van der Waals surface area contributed by atoms with E-state index in [2.05, 4.69) is 18.7 Å². The van der Waals surface area contributed by atoms with Crippen LogP contribution < -0.4 is 4.90 Å². The van der Waals surface area contributed by atoms with Crippen molar-refractivity contribution in [3.05, 3.63) is 52.5 Å². The Morgan fingerprint density at radius 1 is 1.03 bits per heavy atom. The van der Waals surface area contributed by atoms with Crippen molar-refractivity contribution in [3.63, 3.8) is 0 Å². The van der Waals surface area contributed by atoms with Crippen LogP contribution in [0.4, 0.5) is 5.13 Å². The molecule has 32 heavy (non-hydrogen) atoms. The van der Waals surface area contributed by atoms with Crippen LogP contribution in [0.5, 0.6) is 0 Å². The maximum Gasteiger partial charge on any atom is 0.260 e. The van der Waals surface area contributed by atoms with E-state index in [1.54, 1.807) is 24.0 Å². The maximum atomic E-state index is 13.5. The highest BCUT2D eigenvalue weighted by Gasteiger charge is 2.23. The fourth-order valence-electron chi connectivity index (χ4n) is 3.40. The molecule has 1 heterocycles. The molecule has 2 aromatic carbocycles. The van der Waals surface area contributed by atoms with E-state index in [-0.39, 0.29) is 16.6 Å². The molecule has 3 aromatic rings. The van der Waals surface area contributed by atoms with Gasteiger partial charge >= 0.3 is 0 Å². The molecule has 0 N–H and O–H groups in total. The highest BCUT2D eigenvalue weighted by atomic mass is 35.5. The molecular formula is C23H28ClN3O3S2. The van der Waals surface area contributed by atoms with Crippen LogP contribution in [0.15, 0.2) is 41.3 Å². The number of hydrogen-bond donors (Lipinski definition) is 0. The number of nitrogens with zero attached hydrogens (tertiary/aromatic N) is 3. The molecule has 0 radical (unpaired) electrons. The van der Waals surface area contributed by atoms with Crippen LogP contribution >= 0.6 is 22.9 Å². The molecule has 0 unspecified atom stereocenters. The zero-order chi connectivity index (χ0) is 23.5. The summed E-state index contributed by atoms with van der Waals surface area (Å²) >= 11 is 7.72. The molecule has 172 valence electrons. The SMILES string of the molecule is CCN(CC)CCN(C(=O)c1ccc(S(=O)(=O)CC)cc1)c1nc2c(C)c(Cl)ccc2s1. The number of thiazole rings is 1. The first kappa shape index (κ1) is 24.6. The molecule has 6 nitrogen and oxygen atoms in total. The predicted molar refractivity (Wildman–Crippen MR) is 133 cm³/mol. The van der Waals surface area contributed by atoms with Gasteiger partial charge in [-0.05, 0) is 62.0 Å². The lowest BCUT2D eigenvalue weighted by atomic mass is 10.2. The van der Waals surface area contributed by atoms with Crippen LogP contribution in [-0.2, 0) is 9.84 Å². The zero-order valence-corrected chi connectivity index (χ0v) is 21.1. The van der Waals surface area contributed by atoms with Crippen molar-refractivity contribution in [2.24, 2.45) is 0 Å². The fourth-order valence-corrected chi connectivity index (χ4v) is 5.48. The van der Waals surface area contributed by atoms with Gasteiger partial charge in [-0.2, -0.15) is 0 Å². The standard InChI is InChI=1S/C23H28ClN3O3S2/c1-5-26(6-2)14-15-27(23-25-21-16(4)19(24)12-13-20(21)31-23)22(28)17-8-10-18(11-9-17)32(29,30)7-3/h8-13H,5-7,14-15H2,1-4H3. The number of fused-ring (bicyclic) bond motifs is 1. The number of hydrogen-bond acceptors (Lipinski definition) is 6. The fraction of sp³-hybridized carbons (Fsp3) is 0.391. The Balaban J connectivity index is 1.99. The molecule has 0 spiro atoms. The third kappa shape index (κ3) is 5.14. The van der Waals surface area contributed by atoms with Crippen molar-refractivity contribution in [3.8, 4) is 0 Å². The second-order valence-corrected chi connectivity index (χ2v) is 11.1. The number of halogens is 1. The first-order valence-electron chi connectivity index (χ1n) is 10.6. The van der Waals surface area contributed by atoms with Gasteiger partial charge in [0.2, 0.25) is 0 Å². The van der Waals surface area contributed by atoms with Crippen molar-refractivity contribution in [2.45, 2.75) is 32.6 Å². The van der Waals surface area contributed by atoms with Crippen molar-refractivity contribution in [1.82, 2.24) is 9.88 Å². The molecule has 0 saturated heterocycles. The Kier molecular flexibility index (Phi) is 7.92. The minimum atomic E-state index is -3.32. The highest BCUT2D eigenvalue weighted by molar-refractivity contribution is 7.91. The van der Waals surface area contributed by atoms with Crippen LogP contribution in [0.25, 0.3) is 10.2 Å². The minimum absolute atomic E-state index is 0.0178. The van der Waals surface area contributed by atoms with Gasteiger partial charge in [-0.3, -0.25) is 9.69 Å². The van der Waals surface area contributed by atoms with Crippen LogP contribution in [0.1, 0.15) is 36.7 Å². The first-order chi connectivity index (χ1) is 15.2. The van der Waals surface area contributed by atoms with E-state index in [1.807, 2.05) is 19.1 Å². The summed E-state index contributed by atoms with van der Waals surface area (Å²) in [5.41, 5.74) is 2.10. The normalized spacial score (nSPS) is 11.9. The van der Waals surface area contributed by atoms with Gasteiger partial charge in [0.05, 0.1) is 20.9 Å². The summed E-state index contributed by atoms with van der Waals surface area (Å²) in [6.45, 7) is 10.7. The maximum absolute atomic E-state index is 13.5. The number of amides is 1. The lowest BCUT2D eigenvalue weighted by Crippen LogP contribution is -2.38. The van der Waals surface area contributed by atoms with Crippen LogP contribution in [0.2, 0.25) is 5.02 Å². The summed E-state index contributed by atoms with van der Waals surface area (Å²) in [7, 11) is -3.32. The van der Waals surface area contributed by atoms with Gasteiger partial charge in [-0.25, -0.2) is 13.4 Å². The summed E-state index contributed by atoms with van der Waals surface area (Å²) in [5.74, 6) is -0.190. The molecule has 9 heteroatoms. The Morgan fingerprint density at radius 3 is 2.28 bits per heavy atom. The first-order valence-corrected chi connectivity index (χ1v) is 13.5. The Hall–Kier alpha value is -2.00. The van der Waals surface area contributed by atoms with Gasteiger partial charge in [0, 0.05) is 23.7 Å². The molecule has 0 aliphatic carbocycles. The van der Waals surface area contributed by atoms with Crippen LogP contribution in [0, 0.1) is 6.92 Å². The molecule has 1 aromatic heterocycles. The molecule has 1 amide bonds. The van der Waals surface area contributed by atoms with Crippen molar-refractivity contribution >= 4 is 54.0 Å². The topological polar surface area (TPSA) is 70.6 Å². The third-order valence-electron chi connectivity index (χ3n) is 5.59. The highest BCUT2D eigenvalue weighted by Crippen LogP contribution is 2.34. The number of aryl methyl sites for hydroxylation is 1. The quantitative estimate of drug-likeness (QED) is 0.417. The molecule has 0 aliphatic rings. The molecular weight excluding hydrogens is 466 g/mol. The second-order valence-electron chi connectivity index (χ2n) is 7.43. The number of carbonyl (C=O) groups excluding carboxylic acids is 1. The van der Waals surface area contributed by atoms with E-state index in [1.165, 1.54) is 23.5 Å². The lowest BCUT2D eigenvalue weighted by Gasteiger charge is -2.24. The van der Waals surface area contributed by atoms with Gasteiger partial charge in [0.25, 0.3) is 5.91 Å². The van der Waals surface area contributed by atoms with Crippen LogP contribution in [-0.4, -0.2) is 56.1 Å². The Morgan fingerprint density at radius 2 is 1.69 bits per heavy atom. The summed E-state index contributed by atoms with van der Waals surface area (Å²) < 4.78 is 25.2. The summed E-state index contributed by atoms with van der Waals surface area (Å²) in [6.07, 6.45) is 0. The number of aromatic nitrogens is 1. The van der Waals surface area contributed by atoms with E-state index < -0.39 is 9.84 Å². The number of benzene rings is 2. The summed E-state index contributed by atoms with van der Waals surface area (Å²) in [5, 5.41) is 1.25. The largest absolute Gasteiger partial charge is 0.302 e. The van der Waals surface area contributed by atoms with E-state index in [9.17, 15) is 13.2 Å². The molecule has 0 bridgehead atoms. The smallest absolute Gasteiger partial charge is 0.260 e. The number of likely N-dealkylation sites (N-methyl/N-ethyl adjacent to an activating group) is 1. The number of anilines is 1. The van der Waals surface area contributed by atoms with Gasteiger partial charge in [-0.1, -0.05) is 43.7 Å². The minimum Gasteiger partial charge on any atom is -0.302 e. The van der Waals surface area contributed by atoms with Gasteiger partial charge < -0.3 is 4.90 Å². The molecule has 0 saturated carbocycles. The van der Waals surface area contributed by atoms with Gasteiger partial charge in [0.15, 0.2) is 15.0 Å². The zero-order valence-electron chi connectivity index (χ0n) is 18.8. The van der Waals surface area contributed by atoms with Crippen molar-refractivity contribution in [1.29, 1.82) is 0 Å². The average Bonchev–Trinajstić information content (AvgIpc) is 3.23. The molecule has 0 atom stereocenters. The van der Waals surface area contributed by atoms with Crippen molar-refractivity contribution in [2.75, 3.05) is 36.8 Å². The summed E-state index contributed by atoms with van der Waals surface area (Å²) in [6, 6.07) is 9.91. The van der Waals surface area contributed by atoms with Gasteiger partial charge in [-0.15, -0.1) is 0 Å². The summed E-state index contributed by atoms with van der Waals surface area (Å²) in [4.78, 5) is 22.4. The molecule has 3 rings (SSSR count). The van der Waals surface area contributed by atoms with E-state index in [0.717, 1.165) is 28.9 Å². The number of sulfone groups is 1. The molecule has 0 fully saturated rings. The third-order valence-corrected chi connectivity index (χ3v) is 8.79. The number of carbonyl (C=O) groups is 1. The van der Waals surface area contributed by atoms with E-state index in [0.29, 0.717) is 28.8 Å². The van der Waals surface area contributed by atoms with E-state index >= 15 is 0 Å². The number of rotatable bonds is 9.